The minimum absolute atomic E-state index is 0.255. The van der Waals surface area contributed by atoms with Gasteiger partial charge in [0, 0.05) is 25.6 Å². The molecule has 3 rings (SSSR count). The fourth-order valence-electron chi connectivity index (χ4n) is 2.79. The summed E-state index contributed by atoms with van der Waals surface area (Å²) in [5.41, 5.74) is 2.23. The molecule has 0 N–H and O–H groups in total. The van der Waals surface area contributed by atoms with Crippen molar-refractivity contribution in [2.75, 3.05) is 0 Å². The fourth-order valence-corrected chi connectivity index (χ4v) is 2.79. The molecule has 0 aliphatic carbocycles. The van der Waals surface area contributed by atoms with E-state index in [0.717, 1.165) is 30.2 Å². The molecule has 0 spiro atoms. The van der Waals surface area contributed by atoms with E-state index in [4.69, 9.17) is 0 Å². The second-order valence-electron chi connectivity index (χ2n) is 5.36. The molecule has 2 aromatic rings. The Hall–Kier alpha value is -2.49. The van der Waals surface area contributed by atoms with E-state index >= 15 is 0 Å². The average Bonchev–Trinajstić information content (AvgIpc) is 2.78. The van der Waals surface area contributed by atoms with Gasteiger partial charge in [0.1, 0.15) is 5.82 Å². The third-order valence-corrected chi connectivity index (χ3v) is 3.96. The molecule has 22 heavy (non-hydrogen) atoms. The maximum absolute atomic E-state index is 4.48. The molecule has 0 amide bonds. The Morgan fingerprint density at radius 3 is 2.73 bits per heavy atom. The second-order valence-corrected chi connectivity index (χ2v) is 5.36. The average molecular weight is 292 g/mol. The first-order valence-electron chi connectivity index (χ1n) is 7.64. The molecule has 1 atom stereocenters. The molecule has 1 aliphatic heterocycles. The number of nitrogens with zero attached hydrogens (tertiary/aromatic N) is 4. The second kappa shape index (κ2) is 6.52. The predicted octanol–water partition coefficient (Wildman–Crippen LogP) is 3.62. The zero-order chi connectivity index (χ0) is 15.4. The van der Waals surface area contributed by atoms with E-state index in [1.54, 1.807) is 0 Å². The van der Waals surface area contributed by atoms with Gasteiger partial charge in [0.15, 0.2) is 5.82 Å². The Labute approximate surface area is 130 Å². The molecule has 2 heterocycles. The van der Waals surface area contributed by atoms with E-state index in [-0.39, 0.29) is 5.92 Å². The van der Waals surface area contributed by atoms with Gasteiger partial charge >= 0.3 is 0 Å². The van der Waals surface area contributed by atoms with Gasteiger partial charge in [-0.05, 0) is 18.1 Å². The first-order valence-corrected chi connectivity index (χ1v) is 7.64. The van der Waals surface area contributed by atoms with Gasteiger partial charge in [-0.1, -0.05) is 49.4 Å². The summed E-state index contributed by atoms with van der Waals surface area (Å²) in [4.78, 5) is 4.48. The molecule has 0 bridgehead atoms. The molecule has 1 aliphatic rings. The highest BCUT2D eigenvalue weighted by molar-refractivity contribution is 5.99. The van der Waals surface area contributed by atoms with Crippen molar-refractivity contribution >= 4 is 5.71 Å². The lowest BCUT2D eigenvalue weighted by molar-refractivity contribution is 0.669. The minimum Gasteiger partial charge on any atom is -0.313 e. The third-order valence-electron chi connectivity index (χ3n) is 3.96. The summed E-state index contributed by atoms with van der Waals surface area (Å²) < 4.78 is 2.08. The number of hydrogen-bond donors (Lipinski definition) is 0. The van der Waals surface area contributed by atoms with Crippen molar-refractivity contribution in [2.45, 2.75) is 25.7 Å². The molecule has 0 radical (unpaired) electrons. The normalized spacial score (nSPS) is 15.5. The molecule has 112 valence electrons. The quantitative estimate of drug-likeness (QED) is 0.863. The Morgan fingerprint density at radius 1 is 1.14 bits per heavy atom. The largest absolute Gasteiger partial charge is 0.313 e. The molecule has 4 heteroatoms. The Bertz CT molecular complexity index is 723. The number of hydrogen-bond acceptors (Lipinski definition) is 3. The first kappa shape index (κ1) is 14.4. The molecule has 0 saturated heterocycles. The lowest BCUT2D eigenvalue weighted by Crippen LogP contribution is -2.12. The molecule has 0 fully saturated rings. The topological polar surface area (TPSA) is 43.1 Å². The van der Waals surface area contributed by atoms with E-state index in [0.29, 0.717) is 0 Å². The van der Waals surface area contributed by atoms with Crippen LogP contribution in [0.15, 0.2) is 59.8 Å². The van der Waals surface area contributed by atoms with E-state index in [9.17, 15) is 0 Å². The highest BCUT2D eigenvalue weighted by Crippen LogP contribution is 2.26. The summed E-state index contributed by atoms with van der Waals surface area (Å²) in [5, 5.41) is 8.84. The van der Waals surface area contributed by atoms with Crippen LogP contribution in [0.2, 0.25) is 0 Å². The number of allylic oxidation sites excluding steroid dienone is 3. The van der Waals surface area contributed by atoms with Crippen LogP contribution in [0.25, 0.3) is 0 Å². The molecular weight excluding hydrogens is 272 g/mol. The summed E-state index contributed by atoms with van der Waals surface area (Å²) in [6.07, 6.45) is 9.60. The third kappa shape index (κ3) is 2.77. The summed E-state index contributed by atoms with van der Waals surface area (Å²) in [7, 11) is 2.02. The van der Waals surface area contributed by atoms with Gasteiger partial charge < -0.3 is 4.57 Å². The fraction of sp³-hybridized carbons (Fsp3) is 0.278. The van der Waals surface area contributed by atoms with Gasteiger partial charge in [-0.25, -0.2) is 0 Å². The van der Waals surface area contributed by atoms with E-state index in [1.807, 2.05) is 31.5 Å². The molecule has 0 saturated carbocycles. The van der Waals surface area contributed by atoms with Crippen LogP contribution in [-0.2, 0) is 7.05 Å². The van der Waals surface area contributed by atoms with Crippen LogP contribution < -0.4 is 0 Å². The van der Waals surface area contributed by atoms with Crippen molar-refractivity contribution in [3.8, 4) is 0 Å². The summed E-state index contributed by atoms with van der Waals surface area (Å²) in [6.45, 7) is 2.18. The van der Waals surface area contributed by atoms with Gasteiger partial charge in [0.05, 0.1) is 5.71 Å². The number of aromatic nitrogens is 3. The van der Waals surface area contributed by atoms with Crippen LogP contribution in [0.3, 0.4) is 0 Å². The summed E-state index contributed by atoms with van der Waals surface area (Å²) in [5.74, 6) is 2.09. The molecule has 1 aromatic heterocycles. The number of rotatable bonds is 4. The summed E-state index contributed by atoms with van der Waals surface area (Å²) in [6, 6.07) is 10.5. The zero-order valence-electron chi connectivity index (χ0n) is 13.0. The van der Waals surface area contributed by atoms with Crippen LogP contribution in [-0.4, -0.2) is 20.5 Å². The highest BCUT2D eigenvalue weighted by Gasteiger charge is 2.21. The van der Waals surface area contributed by atoms with Crippen LogP contribution in [0.5, 0.6) is 0 Å². The van der Waals surface area contributed by atoms with Crippen molar-refractivity contribution in [3.63, 3.8) is 0 Å². The maximum Gasteiger partial charge on any atom is 0.178 e. The van der Waals surface area contributed by atoms with Crippen molar-refractivity contribution < 1.29 is 0 Å². The molecule has 1 unspecified atom stereocenters. The van der Waals surface area contributed by atoms with E-state index in [1.165, 1.54) is 5.56 Å². The van der Waals surface area contributed by atoms with Gasteiger partial charge in [-0.3, -0.25) is 4.99 Å². The number of aliphatic imine (C=N–C) groups is 1. The van der Waals surface area contributed by atoms with Crippen molar-refractivity contribution in [2.24, 2.45) is 12.0 Å². The Balaban J connectivity index is 1.97. The smallest absolute Gasteiger partial charge is 0.178 e. The number of benzene rings is 1. The van der Waals surface area contributed by atoms with E-state index in [2.05, 4.69) is 57.0 Å². The van der Waals surface area contributed by atoms with Crippen LogP contribution in [0.1, 0.15) is 42.9 Å². The lowest BCUT2D eigenvalue weighted by atomic mass is 9.96. The van der Waals surface area contributed by atoms with Gasteiger partial charge in [0.2, 0.25) is 0 Å². The van der Waals surface area contributed by atoms with Crippen molar-refractivity contribution in [1.82, 2.24) is 14.8 Å². The highest BCUT2D eigenvalue weighted by atomic mass is 15.3. The van der Waals surface area contributed by atoms with Crippen LogP contribution in [0, 0.1) is 0 Å². The SMILES string of the molecule is CCC(c1ccccc1)c1nnc(C2=NC=CC=CC2)n1C. The lowest BCUT2D eigenvalue weighted by Gasteiger charge is -2.15. The van der Waals surface area contributed by atoms with Crippen molar-refractivity contribution in [1.29, 1.82) is 0 Å². The first-order chi connectivity index (χ1) is 10.8. The van der Waals surface area contributed by atoms with Crippen LogP contribution >= 0.6 is 0 Å². The molecule has 4 nitrogen and oxygen atoms in total. The van der Waals surface area contributed by atoms with Gasteiger partial charge in [0.25, 0.3) is 0 Å². The Morgan fingerprint density at radius 2 is 1.95 bits per heavy atom. The van der Waals surface area contributed by atoms with Gasteiger partial charge in [-0.2, -0.15) is 0 Å². The van der Waals surface area contributed by atoms with Crippen molar-refractivity contribution in [3.05, 3.63) is 72.0 Å². The Kier molecular flexibility index (Phi) is 4.28. The predicted molar refractivity (Wildman–Crippen MR) is 89.0 cm³/mol. The van der Waals surface area contributed by atoms with Gasteiger partial charge in [-0.15, -0.1) is 10.2 Å². The molecule has 1 aromatic carbocycles. The zero-order valence-corrected chi connectivity index (χ0v) is 13.0. The summed E-state index contributed by atoms with van der Waals surface area (Å²) >= 11 is 0. The maximum atomic E-state index is 4.48. The van der Waals surface area contributed by atoms with E-state index < -0.39 is 0 Å². The minimum atomic E-state index is 0.255. The molecular formula is C18H20N4. The standard InChI is InChI=1S/C18H20N4/c1-3-15(14-10-6-4-7-11-14)17-20-21-18(22(17)2)16-12-8-5-9-13-19-16/h4-11,13,15H,3,12H2,1-2H3. The van der Waals surface area contributed by atoms with Crippen LogP contribution in [0.4, 0.5) is 0 Å². The monoisotopic (exact) mass is 292 g/mol.